The molecule has 0 aliphatic rings. The van der Waals surface area contributed by atoms with Crippen molar-refractivity contribution in [3.05, 3.63) is 40.1 Å². The molecule has 3 rings (SSSR count). The average Bonchev–Trinajstić information content (AvgIpc) is 2.93. The summed E-state index contributed by atoms with van der Waals surface area (Å²) in [6.45, 7) is 0. The van der Waals surface area contributed by atoms with E-state index in [-0.39, 0.29) is 4.99 Å². The van der Waals surface area contributed by atoms with Gasteiger partial charge >= 0.3 is 0 Å². The lowest BCUT2D eigenvalue weighted by Gasteiger charge is -2.10. The van der Waals surface area contributed by atoms with Crippen LogP contribution in [0.25, 0.3) is 11.0 Å². The second-order valence-electron chi connectivity index (χ2n) is 4.10. The topological polar surface area (TPSA) is 76.7 Å². The predicted molar refractivity (Wildman–Crippen MR) is 90.8 cm³/mol. The normalized spacial score (nSPS) is 10.8. The first-order valence-electron chi connectivity index (χ1n) is 5.69. The number of nitrogens with one attached hydrogen (secondary N) is 1. The highest BCUT2D eigenvalue weighted by Crippen LogP contribution is 2.36. The van der Waals surface area contributed by atoms with Crippen LogP contribution in [-0.2, 0) is 0 Å². The van der Waals surface area contributed by atoms with E-state index in [2.05, 4.69) is 19.0 Å². The van der Waals surface area contributed by atoms with E-state index in [9.17, 15) is 0 Å². The number of fused-ring (bicyclic) bond motifs is 1. The molecule has 0 unspecified atom stereocenters. The van der Waals surface area contributed by atoms with E-state index in [1.165, 1.54) is 0 Å². The Morgan fingerprint density at radius 3 is 2.71 bits per heavy atom. The third-order valence-corrected chi connectivity index (χ3v) is 4.05. The van der Waals surface area contributed by atoms with Gasteiger partial charge in [0.1, 0.15) is 16.0 Å². The molecule has 106 valence electrons. The van der Waals surface area contributed by atoms with Gasteiger partial charge in [-0.25, -0.2) is 0 Å². The molecule has 21 heavy (non-hydrogen) atoms. The molecule has 0 saturated carbocycles. The molecule has 1 aromatic carbocycles. The maximum atomic E-state index is 6.24. The van der Waals surface area contributed by atoms with Crippen molar-refractivity contribution in [1.82, 2.24) is 13.7 Å². The lowest BCUT2D eigenvalue weighted by atomic mass is 10.2. The number of anilines is 2. The Bertz CT molecular complexity index is 849. The van der Waals surface area contributed by atoms with Gasteiger partial charge in [0.05, 0.1) is 33.2 Å². The molecule has 3 N–H and O–H groups in total. The average molecular weight is 356 g/mol. The Balaban J connectivity index is 2.08. The van der Waals surface area contributed by atoms with Gasteiger partial charge in [0.25, 0.3) is 0 Å². The van der Waals surface area contributed by atoms with Gasteiger partial charge in [-0.1, -0.05) is 35.4 Å². The third kappa shape index (κ3) is 2.77. The summed E-state index contributed by atoms with van der Waals surface area (Å²) in [5.74, 6) is 0. The zero-order valence-corrected chi connectivity index (χ0v) is 13.4. The van der Waals surface area contributed by atoms with E-state index in [4.69, 9.17) is 41.2 Å². The first-order valence-corrected chi connectivity index (χ1v) is 7.59. The molecular weight excluding hydrogens is 349 g/mol. The fraction of sp³-hybridized carbons (Fsp3) is 0. The summed E-state index contributed by atoms with van der Waals surface area (Å²) in [5, 5.41) is 4.10. The van der Waals surface area contributed by atoms with Gasteiger partial charge in [-0.2, -0.15) is 8.75 Å². The molecule has 2 aromatic heterocycles. The lowest BCUT2D eigenvalue weighted by molar-refractivity contribution is 1.29. The van der Waals surface area contributed by atoms with Crippen molar-refractivity contribution in [2.75, 3.05) is 5.32 Å². The Hall–Kier alpha value is -1.54. The second kappa shape index (κ2) is 5.69. The maximum absolute atomic E-state index is 6.24. The first-order chi connectivity index (χ1) is 10.1. The third-order valence-electron chi connectivity index (χ3n) is 2.73. The van der Waals surface area contributed by atoms with Crippen molar-refractivity contribution >= 4 is 74.5 Å². The fourth-order valence-corrected chi connectivity index (χ4v) is 3.05. The number of rotatable bonds is 3. The number of nitrogens with two attached hydrogens (primary N) is 1. The van der Waals surface area contributed by atoms with Crippen LogP contribution in [0, 0.1) is 0 Å². The number of nitrogens with zero attached hydrogens (tertiary/aromatic N) is 3. The standard InChI is InChI=1S/C12H7Cl2N5S2/c13-6-4-7(14)10-11(19-21-18-10)9(6)17-5-1-2-16-8(3-5)12(15)20/h1-4H,(H2,15,20)(H,16,17). The maximum Gasteiger partial charge on any atom is 0.131 e. The molecule has 0 fully saturated rings. The van der Waals surface area contributed by atoms with Crippen molar-refractivity contribution in [3.8, 4) is 0 Å². The molecule has 3 aromatic rings. The van der Waals surface area contributed by atoms with Crippen LogP contribution in [0.1, 0.15) is 5.69 Å². The van der Waals surface area contributed by atoms with Crippen LogP contribution in [0.2, 0.25) is 10.0 Å². The molecular formula is C12H7Cl2N5S2. The Labute approximate surface area is 139 Å². The fourth-order valence-electron chi connectivity index (χ4n) is 1.78. The molecule has 0 bridgehead atoms. The number of pyridine rings is 1. The van der Waals surface area contributed by atoms with Gasteiger partial charge in [-0.15, -0.1) is 0 Å². The molecule has 5 nitrogen and oxygen atoms in total. The minimum absolute atomic E-state index is 0.223. The summed E-state index contributed by atoms with van der Waals surface area (Å²) in [5.41, 5.74) is 8.69. The number of thiocarbonyl (C=S) groups is 1. The summed E-state index contributed by atoms with van der Waals surface area (Å²) in [4.78, 5) is 4.31. The largest absolute Gasteiger partial charge is 0.388 e. The van der Waals surface area contributed by atoms with Crippen LogP contribution < -0.4 is 11.1 Å². The zero-order chi connectivity index (χ0) is 15.0. The first kappa shape index (κ1) is 14.4. The highest BCUT2D eigenvalue weighted by Gasteiger charge is 2.14. The van der Waals surface area contributed by atoms with Crippen molar-refractivity contribution in [1.29, 1.82) is 0 Å². The van der Waals surface area contributed by atoms with Gasteiger partial charge in [0.15, 0.2) is 0 Å². The van der Waals surface area contributed by atoms with Crippen molar-refractivity contribution in [2.24, 2.45) is 5.73 Å². The van der Waals surface area contributed by atoms with Crippen molar-refractivity contribution in [3.63, 3.8) is 0 Å². The number of aromatic nitrogens is 3. The summed E-state index contributed by atoms with van der Waals surface area (Å²) >= 11 is 18.3. The van der Waals surface area contributed by atoms with E-state index in [1.807, 2.05) is 0 Å². The number of halogens is 2. The smallest absolute Gasteiger partial charge is 0.131 e. The summed E-state index contributed by atoms with van der Waals surface area (Å²) in [6.07, 6.45) is 1.61. The van der Waals surface area contributed by atoms with Gasteiger partial charge in [0, 0.05) is 11.9 Å². The molecule has 0 atom stereocenters. The summed E-state index contributed by atoms with van der Waals surface area (Å²) in [7, 11) is 0. The lowest BCUT2D eigenvalue weighted by Crippen LogP contribution is -2.11. The van der Waals surface area contributed by atoms with Crippen LogP contribution in [-0.4, -0.2) is 18.7 Å². The number of benzene rings is 1. The van der Waals surface area contributed by atoms with Crippen LogP contribution in [0.5, 0.6) is 0 Å². The molecule has 0 radical (unpaired) electrons. The quantitative estimate of drug-likeness (QED) is 0.696. The Morgan fingerprint density at radius 2 is 1.95 bits per heavy atom. The minimum Gasteiger partial charge on any atom is -0.388 e. The van der Waals surface area contributed by atoms with E-state index in [0.717, 1.165) is 17.4 Å². The molecule has 0 amide bonds. The summed E-state index contributed by atoms with van der Waals surface area (Å²) in [6, 6.07) is 5.14. The minimum atomic E-state index is 0.223. The van der Waals surface area contributed by atoms with Crippen molar-refractivity contribution in [2.45, 2.75) is 0 Å². The number of hydrogen-bond acceptors (Lipinski definition) is 6. The molecule has 9 heteroatoms. The molecule has 0 aliphatic heterocycles. The SMILES string of the molecule is NC(=S)c1cc(Nc2c(Cl)cc(Cl)c3nsnc23)ccn1. The van der Waals surface area contributed by atoms with Gasteiger partial charge in [0.2, 0.25) is 0 Å². The Kier molecular flexibility index (Phi) is 3.90. The molecule has 0 spiro atoms. The van der Waals surface area contributed by atoms with Gasteiger partial charge < -0.3 is 11.1 Å². The zero-order valence-electron chi connectivity index (χ0n) is 10.3. The van der Waals surface area contributed by atoms with E-state index in [1.54, 1.807) is 24.4 Å². The van der Waals surface area contributed by atoms with Crippen LogP contribution in [0.3, 0.4) is 0 Å². The van der Waals surface area contributed by atoms with E-state index < -0.39 is 0 Å². The molecule has 0 saturated heterocycles. The van der Waals surface area contributed by atoms with Crippen molar-refractivity contribution < 1.29 is 0 Å². The monoisotopic (exact) mass is 355 g/mol. The highest BCUT2D eigenvalue weighted by molar-refractivity contribution is 7.80. The van der Waals surface area contributed by atoms with Gasteiger partial charge in [-0.3, -0.25) is 4.98 Å². The van der Waals surface area contributed by atoms with Crippen LogP contribution in [0.4, 0.5) is 11.4 Å². The van der Waals surface area contributed by atoms with E-state index in [0.29, 0.717) is 32.5 Å². The Morgan fingerprint density at radius 1 is 1.19 bits per heavy atom. The molecule has 0 aliphatic carbocycles. The van der Waals surface area contributed by atoms with Gasteiger partial charge in [-0.05, 0) is 18.2 Å². The predicted octanol–water partition coefficient (Wildman–Crippen LogP) is 3.77. The second-order valence-corrected chi connectivity index (χ2v) is 5.88. The number of hydrogen-bond donors (Lipinski definition) is 2. The van der Waals surface area contributed by atoms with E-state index >= 15 is 0 Å². The summed E-state index contributed by atoms with van der Waals surface area (Å²) < 4.78 is 8.38. The highest BCUT2D eigenvalue weighted by atomic mass is 35.5. The van der Waals surface area contributed by atoms with Crippen LogP contribution in [0.15, 0.2) is 24.4 Å². The molecule has 2 heterocycles. The van der Waals surface area contributed by atoms with Crippen LogP contribution >= 0.6 is 47.1 Å².